The molecule has 132 valence electrons. The second kappa shape index (κ2) is 9.68. The highest BCUT2D eigenvalue weighted by molar-refractivity contribution is 8.14. The number of pyridine rings is 1. The maximum absolute atomic E-state index is 8.88. The van der Waals surface area contributed by atoms with Gasteiger partial charge in [0.1, 0.15) is 0 Å². The van der Waals surface area contributed by atoms with Crippen LogP contribution in [0.2, 0.25) is 0 Å². The van der Waals surface area contributed by atoms with Gasteiger partial charge in [0.25, 0.3) is 0 Å². The fraction of sp³-hybridized carbons (Fsp3) is 0.136. The van der Waals surface area contributed by atoms with E-state index in [1.165, 1.54) is 11.8 Å². The van der Waals surface area contributed by atoms with Crippen LogP contribution < -0.4 is 0 Å². The minimum absolute atomic E-state index is 0.385. The van der Waals surface area contributed by atoms with Crippen molar-refractivity contribution in [2.75, 3.05) is 6.26 Å². The van der Waals surface area contributed by atoms with Crippen molar-refractivity contribution < 1.29 is 0 Å². The summed E-state index contributed by atoms with van der Waals surface area (Å²) in [5.41, 5.74) is 4.20. The minimum Gasteiger partial charge on any atom is -0.300 e. The van der Waals surface area contributed by atoms with Crippen LogP contribution in [0, 0.1) is 10.8 Å². The molecule has 1 heterocycles. The lowest BCUT2D eigenvalue weighted by molar-refractivity contribution is 1.28. The largest absolute Gasteiger partial charge is 0.300 e. The summed E-state index contributed by atoms with van der Waals surface area (Å²) in [4.78, 5) is 4.46. The van der Waals surface area contributed by atoms with E-state index in [1.54, 1.807) is 6.20 Å². The third-order valence-corrected chi connectivity index (χ3v) is 4.47. The monoisotopic (exact) mass is 361 g/mol. The van der Waals surface area contributed by atoms with E-state index in [9.17, 15) is 0 Å². The van der Waals surface area contributed by atoms with Gasteiger partial charge in [0, 0.05) is 22.9 Å². The van der Waals surface area contributed by atoms with E-state index in [0.29, 0.717) is 22.0 Å². The maximum Gasteiger partial charge on any atom is 0.0968 e. The molecule has 1 aromatic heterocycles. The Morgan fingerprint density at radius 3 is 2.23 bits per heavy atom. The van der Waals surface area contributed by atoms with Crippen LogP contribution in [0.25, 0.3) is 5.57 Å². The molecule has 0 aliphatic carbocycles. The van der Waals surface area contributed by atoms with Crippen LogP contribution in [0.1, 0.15) is 25.1 Å². The molecule has 0 amide bonds. The van der Waals surface area contributed by atoms with Gasteiger partial charge >= 0.3 is 0 Å². The number of hydrogen-bond donors (Lipinski definition) is 2. The number of aromatic nitrogens is 1. The van der Waals surface area contributed by atoms with Crippen molar-refractivity contribution in [3.05, 3.63) is 95.4 Å². The van der Waals surface area contributed by atoms with Crippen molar-refractivity contribution in [3.8, 4) is 0 Å². The molecule has 4 heteroatoms. The molecule has 2 N–H and O–H groups in total. The molecule has 2 aromatic rings. The molecule has 3 nitrogen and oxygen atoms in total. The van der Waals surface area contributed by atoms with Crippen molar-refractivity contribution in [1.82, 2.24) is 4.98 Å². The predicted molar refractivity (Wildman–Crippen MR) is 114 cm³/mol. The highest BCUT2D eigenvalue weighted by Crippen LogP contribution is 2.30. The summed E-state index contributed by atoms with van der Waals surface area (Å²) < 4.78 is 0. The summed E-state index contributed by atoms with van der Waals surface area (Å²) in [6.45, 7) is 3.90. The highest BCUT2D eigenvalue weighted by atomic mass is 32.2. The van der Waals surface area contributed by atoms with Gasteiger partial charge in [-0.05, 0) is 37.8 Å². The smallest absolute Gasteiger partial charge is 0.0968 e. The van der Waals surface area contributed by atoms with Crippen molar-refractivity contribution in [1.29, 1.82) is 10.8 Å². The molecule has 26 heavy (non-hydrogen) atoms. The minimum atomic E-state index is 0.385. The molecule has 0 atom stereocenters. The van der Waals surface area contributed by atoms with E-state index < -0.39 is 0 Å². The second-order valence-electron chi connectivity index (χ2n) is 5.48. The molecule has 0 radical (unpaired) electrons. The van der Waals surface area contributed by atoms with Crippen LogP contribution in [0.5, 0.6) is 0 Å². The lowest BCUT2D eigenvalue weighted by atomic mass is 9.89. The fourth-order valence-corrected chi connectivity index (χ4v) is 3.05. The number of benzene rings is 1. The summed E-state index contributed by atoms with van der Waals surface area (Å²) in [6.07, 6.45) is 9.50. The third-order valence-electron chi connectivity index (χ3n) is 3.86. The van der Waals surface area contributed by atoms with Gasteiger partial charge < -0.3 is 0 Å². The van der Waals surface area contributed by atoms with E-state index in [2.05, 4.69) is 4.98 Å². The quantitative estimate of drug-likeness (QED) is 0.390. The van der Waals surface area contributed by atoms with E-state index >= 15 is 0 Å². The molecule has 0 saturated heterocycles. The van der Waals surface area contributed by atoms with Gasteiger partial charge in [-0.1, -0.05) is 54.6 Å². The maximum atomic E-state index is 8.88. The number of rotatable bonds is 6. The molecule has 0 bridgehead atoms. The van der Waals surface area contributed by atoms with Crippen LogP contribution in [-0.4, -0.2) is 22.0 Å². The summed E-state index contributed by atoms with van der Waals surface area (Å²) in [6, 6.07) is 15.3. The topological polar surface area (TPSA) is 60.6 Å². The number of allylic oxidation sites excluding steroid dienone is 5. The second-order valence-corrected chi connectivity index (χ2v) is 6.30. The normalized spacial score (nSPS) is 12.8. The lowest BCUT2D eigenvalue weighted by Crippen LogP contribution is -2.12. The zero-order valence-electron chi connectivity index (χ0n) is 15.3. The van der Waals surface area contributed by atoms with Crippen LogP contribution in [0.4, 0.5) is 0 Å². The van der Waals surface area contributed by atoms with Gasteiger partial charge in [-0.3, -0.25) is 15.8 Å². The van der Waals surface area contributed by atoms with Crippen molar-refractivity contribution >= 4 is 28.1 Å². The Kier molecular flexibility index (Phi) is 7.30. The van der Waals surface area contributed by atoms with Gasteiger partial charge in [0.05, 0.1) is 16.4 Å². The standard InChI is InChI=1S/C22H23N3S/c1-4-11-16(5-2)19(21(23)17-12-7-6-8-13-17)20(22(24)26-3)18-14-9-10-15-25-18/h4-15,23-24H,1-3H3/b11-4-,16-5+,20-19-,23-21?,24-22?. The van der Waals surface area contributed by atoms with Crippen LogP contribution >= 0.6 is 11.8 Å². The summed E-state index contributed by atoms with van der Waals surface area (Å²) in [7, 11) is 0. The average molecular weight is 362 g/mol. The molecule has 1 aromatic carbocycles. The van der Waals surface area contributed by atoms with Gasteiger partial charge in [-0.2, -0.15) is 0 Å². The fourth-order valence-electron chi connectivity index (χ4n) is 2.64. The summed E-state index contributed by atoms with van der Waals surface area (Å²) in [5, 5.41) is 17.8. The van der Waals surface area contributed by atoms with E-state index in [1.807, 2.05) is 86.9 Å². The van der Waals surface area contributed by atoms with Gasteiger partial charge in [0.2, 0.25) is 0 Å². The average Bonchev–Trinajstić information content (AvgIpc) is 2.71. The number of thioether (sulfide) groups is 1. The van der Waals surface area contributed by atoms with Crippen molar-refractivity contribution in [3.63, 3.8) is 0 Å². The molecule has 0 spiro atoms. The molecule has 0 unspecified atom stereocenters. The zero-order valence-corrected chi connectivity index (χ0v) is 16.1. The van der Waals surface area contributed by atoms with Crippen molar-refractivity contribution in [2.24, 2.45) is 0 Å². The summed E-state index contributed by atoms with van der Waals surface area (Å²) in [5.74, 6) is 0. The van der Waals surface area contributed by atoms with Gasteiger partial charge in [0.15, 0.2) is 0 Å². The number of nitrogens with zero attached hydrogens (tertiary/aromatic N) is 1. The Hall–Kier alpha value is -2.72. The highest BCUT2D eigenvalue weighted by Gasteiger charge is 2.21. The zero-order chi connectivity index (χ0) is 18.9. The first-order chi connectivity index (χ1) is 12.6. The van der Waals surface area contributed by atoms with Crippen LogP contribution in [0.3, 0.4) is 0 Å². The Bertz CT molecular complexity index is 863. The van der Waals surface area contributed by atoms with Gasteiger partial charge in [-0.15, -0.1) is 11.8 Å². The molecule has 2 rings (SSSR count). The van der Waals surface area contributed by atoms with E-state index in [0.717, 1.165) is 16.7 Å². The third kappa shape index (κ3) is 4.46. The van der Waals surface area contributed by atoms with Crippen LogP contribution in [-0.2, 0) is 0 Å². The molecule has 0 fully saturated rings. The lowest BCUT2D eigenvalue weighted by Gasteiger charge is -2.18. The Balaban J connectivity index is 2.83. The first kappa shape index (κ1) is 19.6. The van der Waals surface area contributed by atoms with Crippen LogP contribution in [0.15, 0.2) is 84.1 Å². The molecular weight excluding hydrogens is 338 g/mol. The first-order valence-electron chi connectivity index (χ1n) is 8.36. The molecule has 0 aliphatic heterocycles. The SMILES string of the molecule is C\C=C/C(=C\C)C(/C(=N)c1ccccc1)=C(/C(=N)SC)c1ccccn1. The van der Waals surface area contributed by atoms with E-state index in [4.69, 9.17) is 10.8 Å². The Morgan fingerprint density at radius 1 is 1.00 bits per heavy atom. The summed E-state index contributed by atoms with van der Waals surface area (Å²) >= 11 is 1.35. The van der Waals surface area contributed by atoms with Crippen molar-refractivity contribution in [2.45, 2.75) is 13.8 Å². The predicted octanol–water partition coefficient (Wildman–Crippen LogP) is 5.77. The Morgan fingerprint density at radius 2 is 1.69 bits per heavy atom. The molecule has 0 aliphatic rings. The number of hydrogen-bond acceptors (Lipinski definition) is 4. The van der Waals surface area contributed by atoms with Gasteiger partial charge in [-0.25, -0.2) is 0 Å². The molecular formula is C22H23N3S. The molecule has 0 saturated carbocycles. The number of nitrogens with one attached hydrogen (secondary N) is 2. The first-order valence-corrected chi connectivity index (χ1v) is 9.58. The Labute approximate surface area is 159 Å². The van der Waals surface area contributed by atoms with E-state index in [-0.39, 0.29) is 0 Å².